The molecule has 0 unspecified atom stereocenters. The molecule has 0 bridgehead atoms. The van der Waals surface area contributed by atoms with Gasteiger partial charge in [-0.05, 0) is 42.8 Å². The fourth-order valence-electron chi connectivity index (χ4n) is 2.44. The van der Waals surface area contributed by atoms with E-state index < -0.39 is 0 Å². The van der Waals surface area contributed by atoms with E-state index in [0.29, 0.717) is 6.42 Å². The highest BCUT2D eigenvalue weighted by molar-refractivity contribution is 5.80. The van der Waals surface area contributed by atoms with Crippen LogP contribution in [0.25, 0.3) is 22.4 Å². The molecule has 1 aromatic heterocycles. The molecular weight excluding hydrogens is 265 g/mol. The number of para-hydroxylation sites is 2. The number of aryl methyl sites for hydroxylation is 1. The van der Waals surface area contributed by atoms with Crippen molar-refractivity contribution in [1.82, 2.24) is 9.55 Å². The van der Waals surface area contributed by atoms with E-state index in [2.05, 4.69) is 15.6 Å². The van der Waals surface area contributed by atoms with E-state index in [-0.39, 0.29) is 5.82 Å². The fraction of sp³-hybridized carbons (Fsp3) is 0.176. The van der Waals surface area contributed by atoms with Gasteiger partial charge in [-0.3, -0.25) is 0 Å². The van der Waals surface area contributed by atoms with Gasteiger partial charge in [0.2, 0.25) is 0 Å². The lowest BCUT2D eigenvalue weighted by molar-refractivity contribution is 0.627. The summed E-state index contributed by atoms with van der Waals surface area (Å²) in [4.78, 5) is 4.65. The van der Waals surface area contributed by atoms with Crippen molar-refractivity contribution in [3.63, 3.8) is 0 Å². The van der Waals surface area contributed by atoms with Crippen molar-refractivity contribution >= 4 is 11.0 Å². The summed E-state index contributed by atoms with van der Waals surface area (Å²) in [6, 6.07) is 16.4. The maximum absolute atomic E-state index is 13.1. The smallest absolute Gasteiger partial charge is 0.141 e. The van der Waals surface area contributed by atoms with Crippen molar-refractivity contribution < 1.29 is 4.39 Å². The van der Waals surface area contributed by atoms with Crippen LogP contribution in [0.15, 0.2) is 48.5 Å². The molecule has 0 saturated carbocycles. The summed E-state index contributed by atoms with van der Waals surface area (Å²) in [5.74, 6) is 0.556. The van der Waals surface area contributed by atoms with Crippen LogP contribution in [-0.4, -0.2) is 9.55 Å². The highest BCUT2D eigenvalue weighted by atomic mass is 19.1. The summed E-state index contributed by atoms with van der Waals surface area (Å²) < 4.78 is 15.2. The van der Waals surface area contributed by atoms with Crippen molar-refractivity contribution in [3.05, 3.63) is 54.3 Å². The number of halogens is 1. The number of hydrogen-bond acceptors (Lipinski definition) is 2. The molecule has 0 N–H and O–H groups in total. The molecule has 0 spiro atoms. The molecule has 21 heavy (non-hydrogen) atoms. The summed E-state index contributed by atoms with van der Waals surface area (Å²) in [5.41, 5.74) is 2.83. The van der Waals surface area contributed by atoms with Crippen LogP contribution in [0.5, 0.6) is 0 Å². The molecule has 0 aliphatic carbocycles. The third-order valence-electron chi connectivity index (χ3n) is 3.43. The van der Waals surface area contributed by atoms with E-state index in [4.69, 9.17) is 5.26 Å². The Morgan fingerprint density at radius 1 is 1.10 bits per heavy atom. The van der Waals surface area contributed by atoms with Crippen LogP contribution in [0.3, 0.4) is 0 Å². The second-order valence-corrected chi connectivity index (χ2v) is 4.84. The predicted octanol–water partition coefficient (Wildman–Crippen LogP) is 4.15. The molecule has 104 valence electrons. The molecule has 3 aromatic rings. The fourth-order valence-corrected chi connectivity index (χ4v) is 2.44. The second kappa shape index (κ2) is 5.76. The van der Waals surface area contributed by atoms with Crippen molar-refractivity contribution in [3.8, 4) is 17.5 Å². The van der Waals surface area contributed by atoms with Crippen LogP contribution in [0.2, 0.25) is 0 Å². The van der Waals surface area contributed by atoms with Gasteiger partial charge in [0, 0.05) is 18.5 Å². The van der Waals surface area contributed by atoms with E-state index >= 15 is 0 Å². The molecular formula is C17H14FN3. The molecule has 1 heterocycles. The zero-order valence-corrected chi connectivity index (χ0v) is 11.5. The molecule has 2 aromatic carbocycles. The number of rotatable bonds is 4. The Hall–Kier alpha value is -2.67. The average Bonchev–Trinajstić information content (AvgIpc) is 2.87. The van der Waals surface area contributed by atoms with E-state index in [1.54, 1.807) is 12.1 Å². The normalized spacial score (nSPS) is 10.7. The number of nitriles is 1. The Balaban J connectivity index is 2.09. The number of aromatic nitrogens is 2. The Labute approximate surface area is 122 Å². The van der Waals surface area contributed by atoms with Gasteiger partial charge in [0.25, 0.3) is 0 Å². The van der Waals surface area contributed by atoms with Gasteiger partial charge < -0.3 is 4.57 Å². The van der Waals surface area contributed by atoms with Crippen LogP contribution in [0, 0.1) is 17.1 Å². The second-order valence-electron chi connectivity index (χ2n) is 4.84. The van der Waals surface area contributed by atoms with Gasteiger partial charge in [-0.1, -0.05) is 12.1 Å². The molecule has 0 radical (unpaired) electrons. The summed E-state index contributed by atoms with van der Waals surface area (Å²) in [6.07, 6.45) is 1.28. The third-order valence-corrected chi connectivity index (χ3v) is 3.43. The van der Waals surface area contributed by atoms with Crippen LogP contribution in [0.4, 0.5) is 4.39 Å². The number of nitrogens with zero attached hydrogens (tertiary/aromatic N) is 3. The maximum atomic E-state index is 13.1. The van der Waals surface area contributed by atoms with Crippen molar-refractivity contribution in [2.75, 3.05) is 0 Å². The van der Waals surface area contributed by atoms with Gasteiger partial charge in [-0.25, -0.2) is 9.37 Å². The first-order valence-electron chi connectivity index (χ1n) is 6.88. The molecule has 0 aliphatic rings. The summed E-state index contributed by atoms with van der Waals surface area (Å²) in [6.45, 7) is 0.723. The molecule has 3 rings (SSSR count). The average molecular weight is 279 g/mol. The SMILES string of the molecule is N#CCCCn1c(-c2ccc(F)cc2)nc2ccccc21. The number of unbranched alkanes of at least 4 members (excludes halogenated alkanes) is 1. The molecule has 0 aliphatic heterocycles. The predicted molar refractivity (Wildman–Crippen MR) is 80.0 cm³/mol. The molecule has 0 fully saturated rings. The van der Waals surface area contributed by atoms with Crippen molar-refractivity contribution in [2.24, 2.45) is 0 Å². The van der Waals surface area contributed by atoms with E-state index in [9.17, 15) is 4.39 Å². The highest BCUT2D eigenvalue weighted by Gasteiger charge is 2.12. The minimum absolute atomic E-state index is 0.258. The molecule has 0 atom stereocenters. The van der Waals surface area contributed by atoms with Gasteiger partial charge in [0.05, 0.1) is 17.1 Å². The molecule has 4 heteroatoms. The number of hydrogen-bond donors (Lipinski definition) is 0. The largest absolute Gasteiger partial charge is 0.324 e. The van der Waals surface area contributed by atoms with Crippen LogP contribution >= 0.6 is 0 Å². The summed E-state index contributed by atoms with van der Waals surface area (Å²) >= 11 is 0. The van der Waals surface area contributed by atoms with Crippen LogP contribution in [0.1, 0.15) is 12.8 Å². The first-order valence-corrected chi connectivity index (χ1v) is 6.88. The lowest BCUT2D eigenvalue weighted by atomic mass is 10.2. The number of fused-ring (bicyclic) bond motifs is 1. The number of benzene rings is 2. The number of imidazole rings is 1. The van der Waals surface area contributed by atoms with E-state index in [1.165, 1.54) is 12.1 Å². The van der Waals surface area contributed by atoms with Gasteiger partial charge in [0.1, 0.15) is 11.6 Å². The van der Waals surface area contributed by atoms with Crippen molar-refractivity contribution in [2.45, 2.75) is 19.4 Å². The van der Waals surface area contributed by atoms with Crippen LogP contribution < -0.4 is 0 Å². The monoisotopic (exact) mass is 279 g/mol. The molecule has 3 nitrogen and oxygen atoms in total. The minimum atomic E-state index is -0.258. The Kier molecular flexibility index (Phi) is 3.65. The topological polar surface area (TPSA) is 41.6 Å². The van der Waals surface area contributed by atoms with Gasteiger partial charge in [0.15, 0.2) is 0 Å². The zero-order chi connectivity index (χ0) is 14.7. The zero-order valence-electron chi connectivity index (χ0n) is 11.5. The Morgan fingerprint density at radius 3 is 2.62 bits per heavy atom. The van der Waals surface area contributed by atoms with Gasteiger partial charge in [-0.2, -0.15) is 5.26 Å². The molecule has 0 saturated heterocycles. The quantitative estimate of drug-likeness (QED) is 0.673. The first-order chi connectivity index (χ1) is 10.3. The van der Waals surface area contributed by atoms with Crippen molar-refractivity contribution in [1.29, 1.82) is 5.26 Å². The lowest BCUT2D eigenvalue weighted by Gasteiger charge is -2.08. The standard InChI is InChI=1S/C17H14FN3/c18-14-9-7-13(8-10-14)17-20-15-5-1-2-6-16(15)21(17)12-4-3-11-19/h1-2,5-10H,3-4,12H2. The lowest BCUT2D eigenvalue weighted by Crippen LogP contribution is -2.00. The maximum Gasteiger partial charge on any atom is 0.141 e. The summed E-state index contributed by atoms with van der Waals surface area (Å²) in [7, 11) is 0. The Bertz CT molecular complexity index is 797. The Morgan fingerprint density at radius 2 is 1.86 bits per heavy atom. The van der Waals surface area contributed by atoms with E-state index in [0.717, 1.165) is 35.4 Å². The highest BCUT2D eigenvalue weighted by Crippen LogP contribution is 2.25. The van der Waals surface area contributed by atoms with Gasteiger partial charge >= 0.3 is 0 Å². The molecule has 0 amide bonds. The van der Waals surface area contributed by atoms with E-state index in [1.807, 2.05) is 24.3 Å². The minimum Gasteiger partial charge on any atom is -0.324 e. The first kappa shape index (κ1) is 13.3. The van der Waals surface area contributed by atoms with Crippen LogP contribution in [-0.2, 0) is 6.54 Å². The summed E-state index contributed by atoms with van der Waals surface area (Å²) in [5, 5.41) is 8.71. The van der Waals surface area contributed by atoms with Gasteiger partial charge in [-0.15, -0.1) is 0 Å². The third kappa shape index (κ3) is 2.63.